The zero-order valence-electron chi connectivity index (χ0n) is 13.9. The lowest BCUT2D eigenvalue weighted by atomic mass is 9.86. The van der Waals surface area contributed by atoms with Crippen LogP contribution >= 0.6 is 23.5 Å². The van der Waals surface area contributed by atoms with Gasteiger partial charge < -0.3 is 4.90 Å². The van der Waals surface area contributed by atoms with Crippen LogP contribution in [0.4, 0.5) is 0 Å². The minimum Gasteiger partial charge on any atom is -0.346 e. The monoisotopic (exact) mass is 343 g/mol. The molecule has 0 radical (unpaired) electrons. The molecule has 3 rings (SSSR count). The van der Waals surface area contributed by atoms with Crippen LogP contribution in [0.25, 0.3) is 0 Å². The third-order valence-electron chi connectivity index (χ3n) is 5.68. The molecule has 1 unspecified atom stereocenters. The number of carbonyl (C=O) groups excluding carboxylic acids is 1. The largest absolute Gasteiger partial charge is 0.346 e. The molecule has 0 aromatic carbocycles. The lowest BCUT2D eigenvalue weighted by molar-refractivity contribution is -0.129. The van der Waals surface area contributed by atoms with E-state index in [1.54, 1.807) is 0 Å². The van der Waals surface area contributed by atoms with Crippen molar-refractivity contribution < 1.29 is 4.79 Å². The Kier molecular flexibility index (Phi) is 5.64. The first-order chi connectivity index (χ1) is 10.6. The van der Waals surface area contributed by atoms with Crippen molar-refractivity contribution >= 4 is 29.4 Å². The predicted molar refractivity (Wildman–Crippen MR) is 96.9 cm³/mol. The third-order valence-corrected chi connectivity index (χ3v) is 8.17. The minimum absolute atomic E-state index is 0.209. The molecule has 0 aliphatic carbocycles. The summed E-state index contributed by atoms with van der Waals surface area (Å²) < 4.78 is 0. The van der Waals surface area contributed by atoms with Crippen molar-refractivity contribution in [1.82, 2.24) is 14.7 Å². The fourth-order valence-electron chi connectivity index (χ4n) is 3.92. The van der Waals surface area contributed by atoms with E-state index in [0.29, 0.717) is 12.3 Å². The molecule has 3 fully saturated rings. The van der Waals surface area contributed by atoms with Crippen molar-refractivity contribution in [2.45, 2.75) is 30.8 Å². The molecule has 1 atom stereocenters. The van der Waals surface area contributed by atoms with Gasteiger partial charge in [-0.2, -0.15) is 23.5 Å². The van der Waals surface area contributed by atoms with Crippen LogP contribution in [0.3, 0.4) is 0 Å². The van der Waals surface area contributed by atoms with Gasteiger partial charge in [-0.15, -0.1) is 0 Å². The van der Waals surface area contributed by atoms with E-state index >= 15 is 0 Å². The van der Waals surface area contributed by atoms with Gasteiger partial charge in [0.15, 0.2) is 0 Å². The topological polar surface area (TPSA) is 26.8 Å². The highest BCUT2D eigenvalue weighted by Crippen LogP contribution is 2.33. The van der Waals surface area contributed by atoms with Gasteiger partial charge in [0.1, 0.15) is 0 Å². The second-order valence-corrected chi connectivity index (χ2v) is 9.28. The summed E-state index contributed by atoms with van der Waals surface area (Å²) in [7, 11) is 4.23. The van der Waals surface area contributed by atoms with Gasteiger partial charge in [-0.05, 0) is 19.9 Å². The number of likely N-dealkylation sites (tertiary alicyclic amines) is 1. The molecule has 126 valence electrons. The fraction of sp³-hybridized carbons (Fsp3) is 0.938. The second kappa shape index (κ2) is 7.32. The quantitative estimate of drug-likeness (QED) is 0.718. The molecule has 3 aliphatic heterocycles. The Morgan fingerprint density at radius 3 is 2.50 bits per heavy atom. The average molecular weight is 344 g/mol. The van der Waals surface area contributed by atoms with Crippen LogP contribution in [0.15, 0.2) is 0 Å². The molecular formula is C16H29N3OS2. The van der Waals surface area contributed by atoms with E-state index in [1.807, 2.05) is 11.9 Å². The molecule has 1 spiro atoms. The van der Waals surface area contributed by atoms with E-state index in [2.05, 4.69) is 40.4 Å². The van der Waals surface area contributed by atoms with Crippen molar-refractivity contribution in [3.05, 3.63) is 0 Å². The van der Waals surface area contributed by atoms with Crippen LogP contribution in [0.2, 0.25) is 0 Å². The van der Waals surface area contributed by atoms with E-state index in [9.17, 15) is 4.79 Å². The molecule has 3 aliphatic rings. The number of nitrogens with zero attached hydrogens (tertiary/aromatic N) is 3. The maximum Gasteiger partial charge on any atom is 0.222 e. The molecule has 3 saturated heterocycles. The summed E-state index contributed by atoms with van der Waals surface area (Å²) in [5.41, 5.74) is 0.209. The summed E-state index contributed by atoms with van der Waals surface area (Å²) in [6.07, 6.45) is 2.86. The van der Waals surface area contributed by atoms with Gasteiger partial charge in [0.25, 0.3) is 0 Å². The van der Waals surface area contributed by atoms with Crippen LogP contribution in [0.5, 0.6) is 0 Å². The fourth-order valence-corrected chi connectivity index (χ4v) is 6.54. The highest BCUT2D eigenvalue weighted by Gasteiger charge is 2.43. The van der Waals surface area contributed by atoms with Crippen LogP contribution in [-0.4, -0.2) is 95.5 Å². The molecule has 0 aromatic heterocycles. The van der Waals surface area contributed by atoms with Crippen molar-refractivity contribution in [3.63, 3.8) is 0 Å². The SMILES string of the molecule is CN1CCC2(CCC1=O)CN(C1CSCCSC1)CCN2C. The van der Waals surface area contributed by atoms with Crippen molar-refractivity contribution in [2.24, 2.45) is 0 Å². The number of piperazine rings is 1. The summed E-state index contributed by atoms with van der Waals surface area (Å²) in [5.74, 6) is 5.50. The van der Waals surface area contributed by atoms with Crippen LogP contribution < -0.4 is 0 Å². The van der Waals surface area contributed by atoms with Gasteiger partial charge in [0.05, 0.1) is 0 Å². The molecule has 1 amide bonds. The smallest absolute Gasteiger partial charge is 0.222 e. The predicted octanol–water partition coefficient (Wildman–Crippen LogP) is 1.46. The number of thioether (sulfide) groups is 2. The Hall–Kier alpha value is 0.0900. The van der Waals surface area contributed by atoms with Crippen molar-refractivity contribution in [2.75, 3.05) is 63.3 Å². The van der Waals surface area contributed by atoms with Crippen LogP contribution in [-0.2, 0) is 4.79 Å². The van der Waals surface area contributed by atoms with Gasteiger partial charge >= 0.3 is 0 Å². The van der Waals surface area contributed by atoms with Gasteiger partial charge in [-0.3, -0.25) is 14.6 Å². The number of likely N-dealkylation sites (N-methyl/N-ethyl adjacent to an activating group) is 1. The van der Waals surface area contributed by atoms with Gasteiger partial charge in [-0.1, -0.05) is 0 Å². The number of rotatable bonds is 1. The zero-order valence-corrected chi connectivity index (χ0v) is 15.6. The standard InChI is InChI=1S/C16H29N3OS2/c1-17-6-5-16(4-3-15(17)20)13-19(8-7-18(16)2)14-11-21-9-10-22-12-14/h14H,3-13H2,1-2H3. The van der Waals surface area contributed by atoms with Crippen LogP contribution in [0.1, 0.15) is 19.3 Å². The third kappa shape index (κ3) is 3.60. The van der Waals surface area contributed by atoms with Gasteiger partial charge in [-0.25, -0.2) is 0 Å². The Bertz CT molecular complexity index is 401. The number of hydrogen-bond acceptors (Lipinski definition) is 5. The highest BCUT2D eigenvalue weighted by molar-refractivity contribution is 8.03. The van der Waals surface area contributed by atoms with Crippen molar-refractivity contribution in [3.8, 4) is 0 Å². The van der Waals surface area contributed by atoms with E-state index in [1.165, 1.54) is 29.6 Å². The zero-order chi connectivity index (χ0) is 15.6. The number of amides is 1. The highest BCUT2D eigenvalue weighted by atomic mass is 32.2. The Morgan fingerprint density at radius 1 is 1.05 bits per heavy atom. The van der Waals surface area contributed by atoms with E-state index < -0.39 is 0 Å². The number of hydrogen-bond donors (Lipinski definition) is 0. The summed E-state index contributed by atoms with van der Waals surface area (Å²) in [5, 5.41) is 0. The molecule has 3 heterocycles. The van der Waals surface area contributed by atoms with E-state index in [4.69, 9.17) is 0 Å². The maximum absolute atomic E-state index is 12.1. The Morgan fingerprint density at radius 2 is 1.77 bits per heavy atom. The minimum atomic E-state index is 0.209. The summed E-state index contributed by atoms with van der Waals surface area (Å²) >= 11 is 4.24. The molecular weight excluding hydrogens is 314 g/mol. The molecule has 0 N–H and O–H groups in total. The lowest BCUT2D eigenvalue weighted by Crippen LogP contribution is -2.63. The molecule has 0 saturated carbocycles. The van der Waals surface area contributed by atoms with Gasteiger partial charge in [0, 0.05) is 74.2 Å². The molecule has 0 aromatic rings. The van der Waals surface area contributed by atoms with Gasteiger partial charge in [0.2, 0.25) is 5.91 Å². The molecule has 22 heavy (non-hydrogen) atoms. The van der Waals surface area contributed by atoms with E-state index in [-0.39, 0.29) is 5.54 Å². The second-order valence-electron chi connectivity index (χ2n) is 6.99. The normalized spacial score (nSPS) is 33.9. The Labute approximate surface area is 143 Å². The molecule has 4 nitrogen and oxygen atoms in total. The summed E-state index contributed by atoms with van der Waals surface area (Å²) in [4.78, 5) is 19.3. The Balaban J connectivity index is 1.71. The number of carbonyl (C=O) groups is 1. The van der Waals surface area contributed by atoms with Crippen molar-refractivity contribution in [1.29, 1.82) is 0 Å². The summed E-state index contributed by atoms with van der Waals surface area (Å²) in [6.45, 7) is 4.39. The first-order valence-corrected chi connectivity index (χ1v) is 10.8. The van der Waals surface area contributed by atoms with E-state index in [0.717, 1.165) is 38.5 Å². The summed E-state index contributed by atoms with van der Waals surface area (Å²) in [6, 6.07) is 0.722. The molecule has 6 heteroatoms. The maximum atomic E-state index is 12.1. The molecule has 0 bridgehead atoms. The lowest BCUT2D eigenvalue weighted by Gasteiger charge is -2.51. The first kappa shape index (κ1) is 16.9. The average Bonchev–Trinajstić information content (AvgIpc) is 2.87. The van der Waals surface area contributed by atoms with Crippen LogP contribution in [0, 0.1) is 0 Å². The first-order valence-electron chi connectivity index (χ1n) is 8.45.